The average Bonchev–Trinajstić information content (AvgIpc) is 2.44. The number of nitrogens with two attached hydrogens (primary N) is 1. The van der Waals surface area contributed by atoms with Crippen molar-refractivity contribution < 1.29 is 29.5 Å². The van der Waals surface area contributed by atoms with Crippen LogP contribution in [0.3, 0.4) is 0 Å². The third-order valence-electron chi connectivity index (χ3n) is 4.72. The number of aliphatic hydroxyl groups is 3. The third-order valence-corrected chi connectivity index (χ3v) is 4.72. The molecule has 0 aromatic rings. The summed E-state index contributed by atoms with van der Waals surface area (Å²) < 4.78 is 17.1. The van der Waals surface area contributed by atoms with Crippen molar-refractivity contribution in [3.8, 4) is 0 Å². The highest BCUT2D eigenvalue weighted by Crippen LogP contribution is 2.32. The van der Waals surface area contributed by atoms with Crippen molar-refractivity contribution in [2.45, 2.75) is 95.1 Å². The Balaban J connectivity index is 2.04. The van der Waals surface area contributed by atoms with E-state index in [0.29, 0.717) is 12.8 Å². The smallest absolute Gasteiger partial charge is 0.160 e. The first-order valence-electron chi connectivity index (χ1n) is 7.96. The molecule has 2 aliphatic heterocycles. The molecule has 7 nitrogen and oxygen atoms in total. The molecular formula is C15H29NO6. The highest BCUT2D eigenvalue weighted by Gasteiger charge is 2.47. The predicted octanol–water partition coefficient (Wildman–Crippen LogP) is -0.496. The first kappa shape index (κ1) is 18.1. The van der Waals surface area contributed by atoms with Crippen LogP contribution in [0.1, 0.15) is 40.5 Å². The molecule has 4 unspecified atom stereocenters. The minimum Gasteiger partial charge on any atom is -0.389 e. The Bertz CT molecular complexity index is 379. The zero-order chi connectivity index (χ0) is 16.7. The van der Waals surface area contributed by atoms with Gasteiger partial charge in [-0.25, -0.2) is 0 Å². The largest absolute Gasteiger partial charge is 0.389 e. The zero-order valence-electron chi connectivity index (χ0n) is 13.7. The molecule has 0 aromatic heterocycles. The summed E-state index contributed by atoms with van der Waals surface area (Å²) in [5, 5.41) is 30.4. The molecule has 7 heteroatoms. The van der Waals surface area contributed by atoms with E-state index in [-0.39, 0.29) is 6.10 Å². The van der Waals surface area contributed by atoms with Gasteiger partial charge in [-0.3, -0.25) is 0 Å². The van der Waals surface area contributed by atoms with Crippen molar-refractivity contribution in [1.29, 1.82) is 0 Å². The van der Waals surface area contributed by atoms with E-state index in [2.05, 4.69) is 0 Å². The van der Waals surface area contributed by atoms with Crippen molar-refractivity contribution in [1.82, 2.24) is 0 Å². The second kappa shape index (κ2) is 6.68. The minimum absolute atomic E-state index is 0.293. The van der Waals surface area contributed by atoms with Gasteiger partial charge in [0.15, 0.2) is 6.29 Å². The molecule has 5 N–H and O–H groups in total. The summed E-state index contributed by atoms with van der Waals surface area (Å²) in [6.45, 7) is 7.16. The van der Waals surface area contributed by atoms with Crippen molar-refractivity contribution in [2.75, 3.05) is 0 Å². The predicted molar refractivity (Wildman–Crippen MR) is 79.1 cm³/mol. The second-order valence-corrected chi connectivity index (χ2v) is 6.80. The number of rotatable bonds is 3. The van der Waals surface area contributed by atoms with Gasteiger partial charge in [-0.15, -0.1) is 0 Å². The Labute approximate surface area is 131 Å². The van der Waals surface area contributed by atoms with Crippen LogP contribution in [-0.2, 0) is 14.2 Å². The molecule has 0 amide bonds. The third kappa shape index (κ3) is 3.46. The van der Waals surface area contributed by atoms with Gasteiger partial charge < -0.3 is 35.3 Å². The molecular weight excluding hydrogens is 290 g/mol. The Morgan fingerprint density at radius 3 is 2.32 bits per heavy atom. The van der Waals surface area contributed by atoms with Gasteiger partial charge in [-0.1, -0.05) is 6.92 Å². The lowest BCUT2D eigenvalue weighted by molar-refractivity contribution is -0.303. The van der Waals surface area contributed by atoms with Crippen LogP contribution in [0.15, 0.2) is 0 Å². The molecule has 2 saturated heterocycles. The van der Waals surface area contributed by atoms with Crippen LogP contribution in [0, 0.1) is 0 Å². The van der Waals surface area contributed by atoms with Gasteiger partial charge in [0.1, 0.15) is 18.3 Å². The van der Waals surface area contributed by atoms with Crippen LogP contribution >= 0.6 is 0 Å². The van der Waals surface area contributed by atoms with E-state index >= 15 is 0 Å². The molecule has 0 aliphatic carbocycles. The fourth-order valence-electron chi connectivity index (χ4n) is 3.29. The van der Waals surface area contributed by atoms with Gasteiger partial charge >= 0.3 is 0 Å². The maximum atomic E-state index is 10.3. The van der Waals surface area contributed by atoms with E-state index in [0.717, 1.165) is 0 Å². The Morgan fingerprint density at radius 2 is 1.77 bits per heavy atom. The van der Waals surface area contributed by atoms with Crippen LogP contribution in [0.5, 0.6) is 0 Å². The lowest BCUT2D eigenvalue weighted by atomic mass is 9.86. The lowest BCUT2D eigenvalue weighted by Gasteiger charge is -2.46. The number of aliphatic hydroxyl groups excluding tert-OH is 3. The monoisotopic (exact) mass is 319 g/mol. The van der Waals surface area contributed by atoms with Crippen LogP contribution in [0.4, 0.5) is 0 Å². The molecule has 2 rings (SSSR count). The number of ether oxygens (including phenoxy) is 3. The zero-order valence-corrected chi connectivity index (χ0v) is 13.7. The van der Waals surface area contributed by atoms with E-state index in [1.807, 2.05) is 6.92 Å². The van der Waals surface area contributed by atoms with Crippen molar-refractivity contribution in [2.24, 2.45) is 5.73 Å². The molecule has 9 atom stereocenters. The fraction of sp³-hybridized carbons (Fsp3) is 1.00. The van der Waals surface area contributed by atoms with Crippen molar-refractivity contribution in [3.63, 3.8) is 0 Å². The maximum Gasteiger partial charge on any atom is 0.160 e. The quantitative estimate of drug-likeness (QED) is 0.554. The summed E-state index contributed by atoms with van der Waals surface area (Å²) in [5.74, 6) is 0. The van der Waals surface area contributed by atoms with Gasteiger partial charge in [0.25, 0.3) is 0 Å². The second-order valence-electron chi connectivity index (χ2n) is 6.80. The summed E-state index contributed by atoms with van der Waals surface area (Å²) >= 11 is 0. The summed E-state index contributed by atoms with van der Waals surface area (Å²) in [6, 6.07) is 0. The Kier molecular flexibility index (Phi) is 5.49. The first-order chi connectivity index (χ1) is 10.2. The summed E-state index contributed by atoms with van der Waals surface area (Å²) in [6.07, 6.45) is -4.56. The fourth-order valence-corrected chi connectivity index (χ4v) is 3.29. The number of hydrogen-bond acceptors (Lipinski definition) is 7. The van der Waals surface area contributed by atoms with Gasteiger partial charge in [0, 0.05) is 12.0 Å². The molecule has 130 valence electrons. The molecule has 2 aliphatic rings. The van der Waals surface area contributed by atoms with Gasteiger partial charge in [0.2, 0.25) is 0 Å². The molecule has 0 bridgehead atoms. The first-order valence-corrected chi connectivity index (χ1v) is 7.96. The van der Waals surface area contributed by atoms with Crippen LogP contribution < -0.4 is 5.73 Å². The van der Waals surface area contributed by atoms with Crippen LogP contribution in [-0.4, -0.2) is 69.9 Å². The van der Waals surface area contributed by atoms with E-state index < -0.39 is 48.5 Å². The summed E-state index contributed by atoms with van der Waals surface area (Å²) in [5.41, 5.74) is 5.26. The maximum absolute atomic E-state index is 10.3. The standard InChI is InChI=1S/C15H29NO6/c1-5-9-11(17)12(18)13(7(2)20-9)22-10-6-15(4,16)14(19)8(3)21-10/h7-14,17-19H,5-6,16H2,1-4H3/t7?,8-,9?,10-,11?,12-,13+,14+,15?/m0/s1. The van der Waals surface area contributed by atoms with Gasteiger partial charge in [-0.2, -0.15) is 0 Å². The molecule has 2 heterocycles. The van der Waals surface area contributed by atoms with E-state index in [1.165, 1.54) is 0 Å². The summed E-state index contributed by atoms with van der Waals surface area (Å²) in [7, 11) is 0. The van der Waals surface area contributed by atoms with Crippen LogP contribution in [0.2, 0.25) is 0 Å². The molecule has 0 radical (unpaired) electrons. The lowest BCUT2D eigenvalue weighted by Crippen LogP contribution is -2.63. The average molecular weight is 319 g/mol. The summed E-state index contributed by atoms with van der Waals surface area (Å²) in [4.78, 5) is 0. The molecule has 22 heavy (non-hydrogen) atoms. The normalized spacial score (nSPS) is 53.5. The highest BCUT2D eigenvalue weighted by atomic mass is 16.7. The van der Waals surface area contributed by atoms with E-state index in [4.69, 9.17) is 19.9 Å². The van der Waals surface area contributed by atoms with Gasteiger partial charge in [-0.05, 0) is 27.2 Å². The van der Waals surface area contributed by atoms with Crippen molar-refractivity contribution in [3.05, 3.63) is 0 Å². The van der Waals surface area contributed by atoms with Gasteiger partial charge in [0.05, 0.1) is 24.4 Å². The highest BCUT2D eigenvalue weighted by molar-refractivity contribution is 4.96. The Hall–Kier alpha value is -0.280. The molecule has 0 saturated carbocycles. The topological polar surface area (TPSA) is 114 Å². The molecule has 2 fully saturated rings. The Morgan fingerprint density at radius 1 is 1.14 bits per heavy atom. The van der Waals surface area contributed by atoms with Crippen LogP contribution in [0.25, 0.3) is 0 Å². The molecule has 0 aromatic carbocycles. The molecule has 0 spiro atoms. The minimum atomic E-state index is -1.05. The van der Waals surface area contributed by atoms with Crippen molar-refractivity contribution >= 4 is 0 Å². The van der Waals surface area contributed by atoms with E-state index in [9.17, 15) is 15.3 Å². The SMILES string of the molecule is CCC1OC(C)[C@@H](O[C@H]2CC(C)(N)[C@H](O)[C@H](C)O2)[C@@H](O)C1O. The van der Waals surface area contributed by atoms with E-state index in [1.54, 1.807) is 20.8 Å². The number of hydrogen-bond donors (Lipinski definition) is 4.